The maximum Gasteiger partial charge on any atom is 0.134 e. The second-order valence-electron chi connectivity index (χ2n) is 4.40. The number of aliphatic hydroxyl groups is 1. The van der Waals surface area contributed by atoms with Crippen LogP contribution < -0.4 is 0 Å². The number of unbranched alkanes of at least 4 members (excludes halogenated alkanes) is 6. The monoisotopic (exact) mass is 246 g/mol. The van der Waals surface area contributed by atoms with Gasteiger partial charge in [0.05, 0.1) is 0 Å². The van der Waals surface area contributed by atoms with Crippen LogP contribution in [0.4, 0.5) is 0 Å². The van der Waals surface area contributed by atoms with Gasteiger partial charge in [-0.25, -0.2) is 0 Å². The zero-order valence-electron chi connectivity index (χ0n) is 11.8. The van der Waals surface area contributed by atoms with Crippen molar-refractivity contribution in [3.05, 3.63) is 12.2 Å². The first-order chi connectivity index (χ1) is 8.81. The zero-order chi connectivity index (χ0) is 13.5. The summed E-state index contributed by atoms with van der Waals surface area (Å²) in [5, 5.41) is 9.52. The Morgan fingerprint density at radius 1 is 1.00 bits per heavy atom. The lowest BCUT2D eigenvalue weighted by atomic mass is 10.1. The molecule has 0 aromatic heterocycles. The molecule has 0 aromatic carbocycles. The standard InChI is InChI=1S/C17H26O/c1-3-5-7-9-10-12-14-16-17(18)15-13-11-8-6-4-2/h14,16-18H,3-7,9-10,12H2,1-2H3/b16-14-/t17-/m1/s1. The van der Waals surface area contributed by atoms with E-state index in [9.17, 15) is 5.11 Å². The molecule has 0 spiro atoms. The molecule has 1 heteroatoms. The molecule has 18 heavy (non-hydrogen) atoms. The van der Waals surface area contributed by atoms with Gasteiger partial charge in [-0.3, -0.25) is 0 Å². The maximum atomic E-state index is 9.52. The zero-order valence-corrected chi connectivity index (χ0v) is 11.8. The van der Waals surface area contributed by atoms with Gasteiger partial charge in [-0.2, -0.15) is 0 Å². The first-order valence-corrected chi connectivity index (χ1v) is 7.14. The smallest absolute Gasteiger partial charge is 0.134 e. The first-order valence-electron chi connectivity index (χ1n) is 7.14. The van der Waals surface area contributed by atoms with Gasteiger partial charge in [0.2, 0.25) is 0 Å². The molecule has 0 heterocycles. The predicted octanol–water partition coefficient (Wildman–Crippen LogP) is 4.07. The summed E-state index contributed by atoms with van der Waals surface area (Å²) < 4.78 is 0. The summed E-state index contributed by atoms with van der Waals surface area (Å²) in [4.78, 5) is 0. The summed E-state index contributed by atoms with van der Waals surface area (Å²) in [5.41, 5.74) is 0. The summed E-state index contributed by atoms with van der Waals surface area (Å²) in [6, 6.07) is 0. The normalized spacial score (nSPS) is 11.5. The molecule has 0 aliphatic carbocycles. The number of allylic oxidation sites excluding steroid dienone is 1. The van der Waals surface area contributed by atoms with Crippen LogP contribution in [0.5, 0.6) is 0 Å². The largest absolute Gasteiger partial charge is 0.377 e. The van der Waals surface area contributed by atoms with Crippen LogP contribution in [-0.2, 0) is 0 Å². The molecule has 1 N–H and O–H groups in total. The molecule has 0 saturated heterocycles. The summed E-state index contributed by atoms with van der Waals surface area (Å²) in [7, 11) is 0. The Bertz CT molecular complexity index is 319. The van der Waals surface area contributed by atoms with Crippen LogP contribution in [0.1, 0.15) is 65.2 Å². The molecule has 1 nitrogen and oxygen atoms in total. The third-order valence-corrected chi connectivity index (χ3v) is 2.54. The molecule has 1 atom stereocenters. The molecule has 0 aromatic rings. The van der Waals surface area contributed by atoms with Gasteiger partial charge >= 0.3 is 0 Å². The van der Waals surface area contributed by atoms with E-state index in [0.717, 1.165) is 19.3 Å². The molecule has 100 valence electrons. The Hall–Kier alpha value is -1.18. The van der Waals surface area contributed by atoms with Crippen LogP contribution in [0.3, 0.4) is 0 Å². The van der Waals surface area contributed by atoms with Crippen LogP contribution in [0, 0.1) is 23.7 Å². The molecule has 0 unspecified atom stereocenters. The highest BCUT2D eigenvalue weighted by Crippen LogP contribution is 2.05. The third kappa shape index (κ3) is 12.9. The maximum absolute atomic E-state index is 9.52. The summed E-state index contributed by atoms with van der Waals surface area (Å²) >= 11 is 0. The summed E-state index contributed by atoms with van der Waals surface area (Å²) in [6.45, 7) is 4.30. The van der Waals surface area contributed by atoms with Gasteiger partial charge in [0.25, 0.3) is 0 Å². The first kappa shape index (κ1) is 16.8. The fraction of sp³-hybridized carbons (Fsp3) is 0.647. The van der Waals surface area contributed by atoms with E-state index in [4.69, 9.17) is 0 Å². The topological polar surface area (TPSA) is 20.2 Å². The van der Waals surface area contributed by atoms with E-state index in [1.807, 2.05) is 6.08 Å². The van der Waals surface area contributed by atoms with Gasteiger partial charge < -0.3 is 5.11 Å². The second-order valence-corrected chi connectivity index (χ2v) is 4.40. The molecule has 0 radical (unpaired) electrons. The molecule has 0 aliphatic rings. The second kappa shape index (κ2) is 13.9. The van der Waals surface area contributed by atoms with Crippen molar-refractivity contribution >= 4 is 0 Å². The van der Waals surface area contributed by atoms with Crippen LogP contribution in [0.25, 0.3) is 0 Å². The molecule has 0 amide bonds. The van der Waals surface area contributed by atoms with Crippen molar-refractivity contribution in [1.29, 1.82) is 0 Å². The van der Waals surface area contributed by atoms with Crippen LogP contribution in [0.2, 0.25) is 0 Å². The molecule has 0 bridgehead atoms. The highest BCUT2D eigenvalue weighted by molar-refractivity contribution is 5.28. The summed E-state index contributed by atoms with van der Waals surface area (Å²) in [5.74, 6) is 11.0. The van der Waals surface area contributed by atoms with Gasteiger partial charge in [-0.15, -0.1) is 0 Å². The average Bonchev–Trinajstić information content (AvgIpc) is 2.37. The molecule has 0 saturated carbocycles. The highest BCUT2D eigenvalue weighted by atomic mass is 16.3. The van der Waals surface area contributed by atoms with Gasteiger partial charge in [0.1, 0.15) is 6.10 Å². The van der Waals surface area contributed by atoms with E-state index in [0.29, 0.717) is 0 Å². The Morgan fingerprint density at radius 3 is 2.50 bits per heavy atom. The van der Waals surface area contributed by atoms with E-state index in [2.05, 4.69) is 37.5 Å². The van der Waals surface area contributed by atoms with Crippen molar-refractivity contribution in [2.24, 2.45) is 0 Å². The predicted molar refractivity (Wildman–Crippen MR) is 79.0 cm³/mol. The van der Waals surface area contributed by atoms with Crippen molar-refractivity contribution in [2.75, 3.05) is 0 Å². The number of hydrogen-bond acceptors (Lipinski definition) is 1. The van der Waals surface area contributed by atoms with Crippen molar-refractivity contribution in [3.8, 4) is 23.7 Å². The summed E-state index contributed by atoms with van der Waals surface area (Å²) in [6.07, 6.45) is 12.5. The van der Waals surface area contributed by atoms with Crippen LogP contribution >= 0.6 is 0 Å². The van der Waals surface area contributed by atoms with E-state index in [1.165, 1.54) is 32.1 Å². The minimum atomic E-state index is -0.670. The lowest BCUT2D eigenvalue weighted by Crippen LogP contribution is -1.96. The minimum Gasteiger partial charge on any atom is -0.377 e. The fourth-order valence-corrected chi connectivity index (χ4v) is 1.48. The Kier molecular flexibility index (Phi) is 13.0. The lowest BCUT2D eigenvalue weighted by Gasteiger charge is -1.96. The number of aliphatic hydroxyl groups excluding tert-OH is 1. The van der Waals surface area contributed by atoms with Gasteiger partial charge in [0.15, 0.2) is 0 Å². The fourth-order valence-electron chi connectivity index (χ4n) is 1.48. The van der Waals surface area contributed by atoms with Crippen molar-refractivity contribution in [2.45, 2.75) is 71.3 Å². The van der Waals surface area contributed by atoms with Gasteiger partial charge in [-0.1, -0.05) is 57.4 Å². The Labute approximate surface area is 113 Å². The number of rotatable bonds is 8. The van der Waals surface area contributed by atoms with E-state index in [1.54, 1.807) is 6.08 Å². The Balaban J connectivity index is 3.62. The Morgan fingerprint density at radius 2 is 1.78 bits per heavy atom. The molecule has 0 rings (SSSR count). The van der Waals surface area contributed by atoms with E-state index < -0.39 is 6.10 Å². The van der Waals surface area contributed by atoms with E-state index in [-0.39, 0.29) is 0 Å². The van der Waals surface area contributed by atoms with Gasteiger partial charge in [0, 0.05) is 6.42 Å². The molecule has 0 aliphatic heterocycles. The molecule has 0 fully saturated rings. The highest BCUT2D eigenvalue weighted by Gasteiger charge is 1.90. The number of hydrogen-bond donors (Lipinski definition) is 1. The van der Waals surface area contributed by atoms with Crippen molar-refractivity contribution in [1.82, 2.24) is 0 Å². The van der Waals surface area contributed by atoms with Crippen molar-refractivity contribution < 1.29 is 5.11 Å². The minimum absolute atomic E-state index is 0.670. The quantitative estimate of drug-likeness (QED) is 0.389. The van der Waals surface area contributed by atoms with Gasteiger partial charge in [-0.05, 0) is 37.2 Å². The molecular formula is C17H26O. The SMILES string of the molecule is CCCC#CC#C[C@@H](O)/C=C\CCCCCCC. The van der Waals surface area contributed by atoms with Crippen molar-refractivity contribution in [3.63, 3.8) is 0 Å². The lowest BCUT2D eigenvalue weighted by molar-refractivity contribution is 0.280. The van der Waals surface area contributed by atoms with E-state index >= 15 is 0 Å². The van der Waals surface area contributed by atoms with Crippen LogP contribution in [0.15, 0.2) is 12.2 Å². The third-order valence-electron chi connectivity index (χ3n) is 2.54. The molecular weight excluding hydrogens is 220 g/mol. The van der Waals surface area contributed by atoms with Crippen LogP contribution in [-0.4, -0.2) is 11.2 Å². The average molecular weight is 246 g/mol.